The molecule has 1 aromatic carbocycles. The van der Waals surface area contributed by atoms with E-state index in [1.165, 1.54) is 0 Å². The van der Waals surface area contributed by atoms with Gasteiger partial charge in [-0.2, -0.15) is 5.10 Å². The Morgan fingerprint density at radius 1 is 1.03 bits per heavy atom. The smallest absolute Gasteiger partial charge is 0.231 e. The van der Waals surface area contributed by atoms with E-state index >= 15 is 0 Å². The number of hydrogen-bond donors (Lipinski definition) is 2. The molecule has 0 aliphatic carbocycles. The van der Waals surface area contributed by atoms with Crippen LogP contribution in [0.25, 0.3) is 11.4 Å². The summed E-state index contributed by atoms with van der Waals surface area (Å²) in [5.41, 5.74) is 1.80. The van der Waals surface area contributed by atoms with Gasteiger partial charge < -0.3 is 24.6 Å². The van der Waals surface area contributed by atoms with E-state index in [-0.39, 0.29) is 6.79 Å². The van der Waals surface area contributed by atoms with Crippen molar-refractivity contribution in [3.63, 3.8) is 0 Å². The maximum atomic E-state index is 5.68. The molecule has 0 atom stereocenters. The highest BCUT2D eigenvalue weighted by Gasteiger charge is 2.23. The van der Waals surface area contributed by atoms with Crippen LogP contribution < -0.4 is 19.7 Å². The fourth-order valence-electron chi connectivity index (χ4n) is 3.54. The highest BCUT2D eigenvalue weighted by Crippen LogP contribution is 2.40. The van der Waals surface area contributed by atoms with Crippen molar-refractivity contribution in [2.75, 3.05) is 50.2 Å². The number of nitrogens with one attached hydrogen (secondary N) is 2. The van der Waals surface area contributed by atoms with Crippen molar-refractivity contribution in [2.24, 2.45) is 0 Å². The van der Waals surface area contributed by atoms with Gasteiger partial charge in [0.25, 0.3) is 0 Å². The Balaban J connectivity index is 1.55. The summed E-state index contributed by atoms with van der Waals surface area (Å²) in [6.07, 6.45) is 0. The van der Waals surface area contributed by atoms with Crippen molar-refractivity contribution in [2.45, 2.75) is 6.92 Å². The number of hydrogen-bond acceptors (Lipinski definition) is 8. The fraction of sp³-hybridized carbons (Fsp3) is 0.350. The number of rotatable bonds is 4. The van der Waals surface area contributed by atoms with Gasteiger partial charge in [-0.05, 0) is 26.1 Å². The first-order valence-electron chi connectivity index (χ1n) is 9.66. The van der Waals surface area contributed by atoms with Gasteiger partial charge in [-0.25, -0.2) is 9.97 Å². The Hall–Kier alpha value is -3.33. The molecule has 29 heavy (non-hydrogen) atoms. The zero-order chi connectivity index (χ0) is 19.8. The van der Waals surface area contributed by atoms with Gasteiger partial charge in [0.15, 0.2) is 23.1 Å². The maximum Gasteiger partial charge on any atom is 0.231 e. The summed E-state index contributed by atoms with van der Waals surface area (Å²) in [5, 5.41) is 10.5. The number of aryl methyl sites for hydroxylation is 1. The largest absolute Gasteiger partial charge is 0.454 e. The number of H-pyrrole nitrogens is 1. The number of aromatic amines is 1. The van der Waals surface area contributed by atoms with E-state index in [2.05, 4.69) is 32.4 Å². The second kappa shape index (κ2) is 7.25. The molecule has 0 radical (unpaired) electrons. The summed E-state index contributed by atoms with van der Waals surface area (Å²) in [5.74, 6) is 4.28. The van der Waals surface area contributed by atoms with Gasteiger partial charge in [0, 0.05) is 44.0 Å². The molecule has 1 saturated heterocycles. The molecular formula is C20H23N7O2. The maximum absolute atomic E-state index is 5.68. The molecule has 0 spiro atoms. The molecule has 9 nitrogen and oxygen atoms in total. The summed E-state index contributed by atoms with van der Waals surface area (Å²) in [7, 11) is 2.14. The first-order valence-corrected chi connectivity index (χ1v) is 9.66. The molecule has 1 fully saturated rings. The van der Waals surface area contributed by atoms with Crippen LogP contribution in [0.3, 0.4) is 0 Å². The third-order valence-corrected chi connectivity index (χ3v) is 5.14. The van der Waals surface area contributed by atoms with Crippen LogP contribution in [0.15, 0.2) is 30.3 Å². The SMILES string of the molecule is Cc1cc(Nc2cc(N3CCN(C)CC3)nc(-c3cccc4c3OCO4)n2)n[nH]1. The minimum atomic E-state index is 0.210. The molecule has 0 unspecified atom stereocenters. The first-order chi connectivity index (χ1) is 14.2. The van der Waals surface area contributed by atoms with Gasteiger partial charge in [0.2, 0.25) is 6.79 Å². The molecule has 0 saturated carbocycles. The van der Waals surface area contributed by atoms with Crippen molar-refractivity contribution in [1.29, 1.82) is 0 Å². The molecule has 2 aliphatic rings. The van der Waals surface area contributed by atoms with E-state index in [4.69, 9.17) is 19.4 Å². The first kappa shape index (κ1) is 17.7. The van der Waals surface area contributed by atoms with E-state index in [1.54, 1.807) is 0 Å². The highest BCUT2D eigenvalue weighted by molar-refractivity contribution is 5.72. The lowest BCUT2D eigenvalue weighted by Crippen LogP contribution is -2.44. The number of fused-ring (bicyclic) bond motifs is 1. The number of piperazine rings is 1. The molecule has 2 aromatic heterocycles. The number of ether oxygens (including phenoxy) is 2. The highest BCUT2D eigenvalue weighted by atomic mass is 16.7. The van der Waals surface area contributed by atoms with Crippen LogP contribution in [0.4, 0.5) is 17.5 Å². The van der Waals surface area contributed by atoms with Crippen LogP contribution in [-0.4, -0.2) is 65.1 Å². The van der Waals surface area contributed by atoms with Crippen LogP contribution in [0, 0.1) is 6.92 Å². The molecule has 0 amide bonds. The zero-order valence-electron chi connectivity index (χ0n) is 16.5. The molecule has 2 N–H and O–H groups in total. The van der Waals surface area contributed by atoms with E-state index in [0.29, 0.717) is 29.0 Å². The predicted octanol–water partition coefficient (Wildman–Crippen LogP) is 2.40. The fourth-order valence-corrected chi connectivity index (χ4v) is 3.54. The normalized spacial score (nSPS) is 16.3. The van der Waals surface area contributed by atoms with Crippen molar-refractivity contribution < 1.29 is 9.47 Å². The summed E-state index contributed by atoms with van der Waals surface area (Å²) >= 11 is 0. The quantitative estimate of drug-likeness (QED) is 0.698. The molecule has 9 heteroatoms. The second-order valence-electron chi connectivity index (χ2n) is 7.33. The van der Waals surface area contributed by atoms with Crippen LogP contribution in [0.1, 0.15) is 5.69 Å². The Morgan fingerprint density at radius 3 is 2.69 bits per heavy atom. The van der Waals surface area contributed by atoms with Gasteiger partial charge in [0.1, 0.15) is 11.6 Å². The van der Waals surface area contributed by atoms with Gasteiger partial charge >= 0.3 is 0 Å². The van der Waals surface area contributed by atoms with E-state index < -0.39 is 0 Å². The number of para-hydroxylation sites is 1. The topological polar surface area (TPSA) is 91.4 Å². The van der Waals surface area contributed by atoms with Gasteiger partial charge in [-0.3, -0.25) is 5.10 Å². The minimum absolute atomic E-state index is 0.210. The average molecular weight is 393 g/mol. The number of likely N-dealkylation sites (N-methyl/N-ethyl adjacent to an activating group) is 1. The molecule has 0 bridgehead atoms. The van der Waals surface area contributed by atoms with Crippen LogP contribution in [-0.2, 0) is 0 Å². The summed E-state index contributed by atoms with van der Waals surface area (Å²) in [4.78, 5) is 14.2. The molecule has 150 valence electrons. The lowest BCUT2D eigenvalue weighted by molar-refractivity contribution is 0.174. The molecule has 5 rings (SSSR count). The summed E-state index contributed by atoms with van der Waals surface area (Å²) in [6, 6.07) is 9.69. The van der Waals surface area contributed by atoms with E-state index in [1.807, 2.05) is 37.3 Å². The lowest BCUT2D eigenvalue weighted by Gasteiger charge is -2.33. The Morgan fingerprint density at radius 2 is 1.90 bits per heavy atom. The van der Waals surface area contributed by atoms with Crippen molar-refractivity contribution >= 4 is 17.5 Å². The number of anilines is 3. The third-order valence-electron chi connectivity index (χ3n) is 5.14. The molecular weight excluding hydrogens is 370 g/mol. The summed E-state index contributed by atoms with van der Waals surface area (Å²) < 4.78 is 11.2. The van der Waals surface area contributed by atoms with Gasteiger partial charge in [-0.1, -0.05) is 6.07 Å². The zero-order valence-corrected chi connectivity index (χ0v) is 16.5. The van der Waals surface area contributed by atoms with E-state index in [9.17, 15) is 0 Å². The number of nitrogens with zero attached hydrogens (tertiary/aromatic N) is 5. The third kappa shape index (κ3) is 3.56. The number of benzene rings is 1. The van der Waals surface area contributed by atoms with Crippen molar-refractivity contribution in [1.82, 2.24) is 25.1 Å². The van der Waals surface area contributed by atoms with Crippen molar-refractivity contribution in [3.05, 3.63) is 36.0 Å². The van der Waals surface area contributed by atoms with Gasteiger partial charge in [-0.15, -0.1) is 0 Å². The Bertz CT molecular complexity index is 1030. The predicted molar refractivity (Wildman–Crippen MR) is 110 cm³/mol. The second-order valence-corrected chi connectivity index (χ2v) is 7.33. The van der Waals surface area contributed by atoms with Gasteiger partial charge in [0.05, 0.1) is 5.56 Å². The molecule has 3 aromatic rings. The standard InChI is InChI=1S/C20H23N7O2/c1-13-10-17(25-24-13)21-16-11-18(27-8-6-26(2)7-9-27)23-20(22-16)14-4-3-5-15-19(14)29-12-28-15/h3-5,10-11H,6-9,12H2,1-2H3,(H2,21,22,23,24,25). The molecule has 4 heterocycles. The average Bonchev–Trinajstić information content (AvgIpc) is 3.37. The molecule has 2 aliphatic heterocycles. The minimum Gasteiger partial charge on any atom is -0.454 e. The van der Waals surface area contributed by atoms with E-state index in [0.717, 1.165) is 43.3 Å². The summed E-state index contributed by atoms with van der Waals surface area (Å²) in [6.45, 7) is 6.00. The Labute approximate surface area is 168 Å². The van der Waals surface area contributed by atoms with Crippen LogP contribution in [0.5, 0.6) is 11.5 Å². The van der Waals surface area contributed by atoms with Crippen molar-refractivity contribution in [3.8, 4) is 22.9 Å². The number of aromatic nitrogens is 4. The lowest BCUT2D eigenvalue weighted by atomic mass is 10.1. The monoisotopic (exact) mass is 393 g/mol. The Kier molecular flexibility index (Phi) is 4.44. The van der Waals surface area contributed by atoms with Crippen LogP contribution in [0.2, 0.25) is 0 Å². The van der Waals surface area contributed by atoms with Crippen LogP contribution >= 0.6 is 0 Å².